The molecule has 0 aliphatic carbocycles. The minimum absolute atomic E-state index is 0.0284. The zero-order chi connectivity index (χ0) is 12.3. The van der Waals surface area contributed by atoms with Crippen molar-refractivity contribution in [3.8, 4) is 11.3 Å². The molecular weight excluding hydrogens is 234 g/mol. The summed E-state index contributed by atoms with van der Waals surface area (Å²) in [5.74, 6) is -0.227. The molecule has 1 amide bonds. The molecule has 1 aromatic heterocycles. The molecule has 0 unspecified atom stereocenters. The average molecular weight is 247 g/mol. The Balaban J connectivity index is 2.21. The lowest BCUT2D eigenvalue weighted by molar-refractivity contribution is -0.114. The highest BCUT2D eigenvalue weighted by molar-refractivity contribution is 7.14. The van der Waals surface area contributed by atoms with Crippen LogP contribution in [0.2, 0.25) is 0 Å². The minimum Gasteiger partial charge on any atom is -0.322 e. The summed E-state index contributed by atoms with van der Waals surface area (Å²) in [6.45, 7) is 2.01. The lowest BCUT2D eigenvalue weighted by atomic mass is 10.1. The number of amides is 1. The summed E-state index contributed by atoms with van der Waals surface area (Å²) < 4.78 is 0. The average Bonchev–Trinajstić information content (AvgIpc) is 2.77. The van der Waals surface area contributed by atoms with Gasteiger partial charge >= 0.3 is 0 Å². The summed E-state index contributed by atoms with van der Waals surface area (Å²) in [4.78, 5) is 15.5. The van der Waals surface area contributed by atoms with Crippen molar-refractivity contribution in [1.29, 1.82) is 0 Å². The number of aryl methyl sites for hydroxylation is 1. The van der Waals surface area contributed by atoms with E-state index in [1.54, 1.807) is 0 Å². The number of hydrogen-bond acceptors (Lipinski definition) is 4. The van der Waals surface area contributed by atoms with Gasteiger partial charge in [-0.25, -0.2) is 4.98 Å². The maximum atomic E-state index is 11.1. The van der Waals surface area contributed by atoms with Gasteiger partial charge in [-0.05, 0) is 13.0 Å². The number of nitrogens with two attached hydrogens (primary N) is 1. The molecule has 17 heavy (non-hydrogen) atoms. The van der Waals surface area contributed by atoms with Crippen molar-refractivity contribution in [3.05, 3.63) is 35.2 Å². The molecular formula is C12H13N3OS. The fourth-order valence-corrected chi connectivity index (χ4v) is 2.17. The van der Waals surface area contributed by atoms with Crippen LogP contribution in [-0.4, -0.2) is 17.4 Å². The fourth-order valence-electron chi connectivity index (χ4n) is 1.44. The highest BCUT2D eigenvalue weighted by Crippen LogP contribution is 2.25. The van der Waals surface area contributed by atoms with E-state index in [1.807, 2.05) is 30.5 Å². The van der Waals surface area contributed by atoms with E-state index in [4.69, 9.17) is 5.73 Å². The monoisotopic (exact) mass is 247 g/mol. The molecule has 2 aromatic rings. The molecule has 0 spiro atoms. The number of nitrogens with one attached hydrogen (secondary N) is 1. The Morgan fingerprint density at radius 3 is 3.06 bits per heavy atom. The van der Waals surface area contributed by atoms with E-state index in [0.29, 0.717) is 5.13 Å². The number of carbonyl (C=O) groups excluding carboxylic acids is 1. The highest BCUT2D eigenvalue weighted by Gasteiger charge is 2.06. The summed E-state index contributed by atoms with van der Waals surface area (Å²) in [6, 6.07) is 8.08. The van der Waals surface area contributed by atoms with Gasteiger partial charge in [0.25, 0.3) is 0 Å². The molecule has 0 saturated carbocycles. The van der Waals surface area contributed by atoms with Gasteiger partial charge in [0, 0.05) is 10.9 Å². The summed E-state index contributed by atoms with van der Waals surface area (Å²) >= 11 is 1.40. The first-order chi connectivity index (χ1) is 8.19. The number of carbonyl (C=O) groups is 1. The molecule has 0 saturated heterocycles. The molecule has 0 radical (unpaired) electrons. The molecule has 1 aromatic carbocycles. The van der Waals surface area contributed by atoms with Crippen LogP contribution >= 0.6 is 11.3 Å². The Bertz CT molecular complexity index is 536. The molecule has 1 heterocycles. The van der Waals surface area contributed by atoms with Crippen LogP contribution in [-0.2, 0) is 4.79 Å². The molecule has 5 heteroatoms. The topological polar surface area (TPSA) is 68.0 Å². The Labute approximate surface area is 103 Å². The molecule has 0 fully saturated rings. The predicted molar refractivity (Wildman–Crippen MR) is 70.0 cm³/mol. The lowest BCUT2D eigenvalue weighted by Gasteiger charge is -1.99. The normalized spacial score (nSPS) is 10.2. The van der Waals surface area contributed by atoms with Crippen molar-refractivity contribution >= 4 is 22.4 Å². The third-order valence-corrected chi connectivity index (χ3v) is 3.01. The Hall–Kier alpha value is -1.72. The van der Waals surface area contributed by atoms with Crippen molar-refractivity contribution in [3.63, 3.8) is 0 Å². The van der Waals surface area contributed by atoms with Crippen LogP contribution in [0, 0.1) is 6.92 Å². The zero-order valence-corrected chi connectivity index (χ0v) is 10.3. The van der Waals surface area contributed by atoms with Crippen LogP contribution in [0.1, 0.15) is 5.56 Å². The van der Waals surface area contributed by atoms with Crippen LogP contribution in [0.5, 0.6) is 0 Å². The second-order valence-corrected chi connectivity index (χ2v) is 4.52. The van der Waals surface area contributed by atoms with Gasteiger partial charge in [0.1, 0.15) is 0 Å². The van der Waals surface area contributed by atoms with Crippen molar-refractivity contribution in [2.75, 3.05) is 11.9 Å². The SMILES string of the molecule is Cc1cccc(-c2csc(NC(=O)CN)n2)c1. The van der Waals surface area contributed by atoms with Crippen molar-refractivity contribution < 1.29 is 4.79 Å². The van der Waals surface area contributed by atoms with E-state index in [2.05, 4.69) is 16.4 Å². The molecule has 0 bridgehead atoms. The van der Waals surface area contributed by atoms with E-state index < -0.39 is 0 Å². The molecule has 88 valence electrons. The van der Waals surface area contributed by atoms with Gasteiger partial charge in [0.15, 0.2) is 5.13 Å². The van der Waals surface area contributed by atoms with E-state index >= 15 is 0 Å². The minimum atomic E-state index is -0.227. The molecule has 3 N–H and O–H groups in total. The van der Waals surface area contributed by atoms with Crippen molar-refractivity contribution in [1.82, 2.24) is 4.98 Å². The van der Waals surface area contributed by atoms with Crippen LogP contribution in [0.4, 0.5) is 5.13 Å². The van der Waals surface area contributed by atoms with Crippen LogP contribution in [0.15, 0.2) is 29.6 Å². The fraction of sp³-hybridized carbons (Fsp3) is 0.167. The van der Waals surface area contributed by atoms with E-state index in [0.717, 1.165) is 11.3 Å². The maximum absolute atomic E-state index is 11.1. The smallest absolute Gasteiger partial charge is 0.239 e. The summed E-state index contributed by atoms with van der Waals surface area (Å²) in [7, 11) is 0. The molecule has 0 atom stereocenters. The second kappa shape index (κ2) is 5.07. The first-order valence-corrected chi connectivity index (χ1v) is 6.09. The molecule has 0 aliphatic rings. The van der Waals surface area contributed by atoms with Gasteiger partial charge in [-0.1, -0.05) is 23.8 Å². The van der Waals surface area contributed by atoms with Gasteiger partial charge in [-0.3, -0.25) is 4.79 Å². The second-order valence-electron chi connectivity index (χ2n) is 3.66. The van der Waals surface area contributed by atoms with Gasteiger partial charge in [0.05, 0.1) is 12.2 Å². The zero-order valence-electron chi connectivity index (χ0n) is 9.43. The number of hydrogen-bond donors (Lipinski definition) is 2. The lowest BCUT2D eigenvalue weighted by Crippen LogP contribution is -2.21. The van der Waals surface area contributed by atoms with Crippen molar-refractivity contribution in [2.45, 2.75) is 6.92 Å². The largest absolute Gasteiger partial charge is 0.322 e. The van der Waals surface area contributed by atoms with Gasteiger partial charge in [-0.15, -0.1) is 11.3 Å². The number of anilines is 1. The highest BCUT2D eigenvalue weighted by atomic mass is 32.1. The Morgan fingerprint density at radius 1 is 1.53 bits per heavy atom. The predicted octanol–water partition coefficient (Wildman–Crippen LogP) is 2.02. The van der Waals surface area contributed by atoms with E-state index in [1.165, 1.54) is 16.9 Å². The Morgan fingerprint density at radius 2 is 2.35 bits per heavy atom. The van der Waals surface area contributed by atoms with Crippen LogP contribution in [0.3, 0.4) is 0 Å². The number of rotatable bonds is 3. The molecule has 2 rings (SSSR count). The summed E-state index contributed by atoms with van der Waals surface area (Å²) in [6.07, 6.45) is 0. The number of thiazole rings is 1. The number of aromatic nitrogens is 1. The third-order valence-electron chi connectivity index (χ3n) is 2.25. The summed E-state index contributed by atoms with van der Waals surface area (Å²) in [5.41, 5.74) is 8.32. The first kappa shape index (κ1) is 11.8. The van der Waals surface area contributed by atoms with Gasteiger partial charge in [-0.2, -0.15) is 0 Å². The standard InChI is InChI=1S/C12H13N3OS/c1-8-3-2-4-9(5-8)10-7-17-12(14-10)15-11(16)6-13/h2-5,7H,6,13H2,1H3,(H,14,15,16). The first-order valence-electron chi connectivity index (χ1n) is 5.21. The van der Waals surface area contributed by atoms with Crippen LogP contribution in [0.25, 0.3) is 11.3 Å². The van der Waals surface area contributed by atoms with E-state index in [9.17, 15) is 4.79 Å². The quantitative estimate of drug-likeness (QED) is 0.871. The number of nitrogens with zero attached hydrogens (tertiary/aromatic N) is 1. The van der Waals surface area contributed by atoms with Gasteiger partial charge < -0.3 is 11.1 Å². The third kappa shape index (κ3) is 2.89. The van der Waals surface area contributed by atoms with E-state index in [-0.39, 0.29) is 12.5 Å². The maximum Gasteiger partial charge on any atom is 0.239 e. The molecule has 4 nitrogen and oxygen atoms in total. The Kier molecular flexibility index (Phi) is 3.51. The molecule has 0 aliphatic heterocycles. The summed E-state index contributed by atoms with van der Waals surface area (Å²) in [5, 5.41) is 5.14. The van der Waals surface area contributed by atoms with Gasteiger partial charge in [0.2, 0.25) is 5.91 Å². The van der Waals surface area contributed by atoms with Crippen LogP contribution < -0.4 is 11.1 Å². The van der Waals surface area contributed by atoms with Crippen molar-refractivity contribution in [2.24, 2.45) is 5.73 Å². The number of benzene rings is 1.